The third-order valence-electron chi connectivity index (χ3n) is 2.45. The average molecular weight is 245 g/mol. The van der Waals surface area contributed by atoms with Crippen molar-refractivity contribution in [3.63, 3.8) is 0 Å². The van der Waals surface area contributed by atoms with Gasteiger partial charge < -0.3 is 10.5 Å². The molecule has 0 bridgehead atoms. The third kappa shape index (κ3) is 2.34. The zero-order valence-corrected chi connectivity index (χ0v) is 10.4. The maximum absolute atomic E-state index is 11.8. The van der Waals surface area contributed by atoms with Gasteiger partial charge in [-0.15, -0.1) is 0 Å². The lowest BCUT2D eigenvalue weighted by Gasteiger charge is -2.06. The van der Waals surface area contributed by atoms with Gasteiger partial charge in [-0.3, -0.25) is 0 Å². The predicted octanol–water partition coefficient (Wildman–Crippen LogP) is 1.94. The van der Waals surface area contributed by atoms with Crippen LogP contribution in [0.1, 0.15) is 23.1 Å². The summed E-state index contributed by atoms with van der Waals surface area (Å²) < 4.78 is 6.56. The van der Waals surface area contributed by atoms with Gasteiger partial charge in [0.25, 0.3) is 0 Å². The predicted molar refractivity (Wildman–Crippen MR) is 68.7 cm³/mol. The quantitative estimate of drug-likeness (QED) is 0.662. The zero-order chi connectivity index (χ0) is 13.1. The summed E-state index contributed by atoms with van der Waals surface area (Å²) in [5.74, 6) is -0.380. The van der Waals surface area contributed by atoms with Gasteiger partial charge in [0.1, 0.15) is 0 Å². The standard InChI is InChI=1S/C13H15N3O2/c1-3-18-13(17)12-8-9(2)15-16(12)11-6-4-10(14)5-7-11/h4-8H,3,14H2,1-2H3. The Morgan fingerprint density at radius 1 is 1.39 bits per heavy atom. The third-order valence-corrected chi connectivity index (χ3v) is 2.45. The van der Waals surface area contributed by atoms with Crippen molar-refractivity contribution in [3.8, 4) is 5.69 Å². The lowest BCUT2D eigenvalue weighted by Crippen LogP contribution is -2.11. The van der Waals surface area contributed by atoms with Crippen LogP contribution < -0.4 is 5.73 Å². The van der Waals surface area contributed by atoms with E-state index in [9.17, 15) is 4.79 Å². The number of carbonyl (C=O) groups is 1. The van der Waals surface area contributed by atoms with E-state index >= 15 is 0 Å². The van der Waals surface area contributed by atoms with Gasteiger partial charge in [0.05, 0.1) is 18.0 Å². The molecule has 1 heterocycles. The number of nitrogens with zero attached hydrogens (tertiary/aromatic N) is 2. The van der Waals surface area contributed by atoms with Crippen LogP contribution in [0.5, 0.6) is 0 Å². The van der Waals surface area contributed by atoms with Crippen molar-refractivity contribution in [2.24, 2.45) is 0 Å². The molecule has 0 unspecified atom stereocenters. The Morgan fingerprint density at radius 3 is 2.67 bits per heavy atom. The van der Waals surface area contributed by atoms with Gasteiger partial charge >= 0.3 is 5.97 Å². The second-order valence-corrected chi connectivity index (χ2v) is 3.89. The number of esters is 1. The molecule has 0 saturated carbocycles. The first-order valence-electron chi connectivity index (χ1n) is 5.71. The van der Waals surface area contributed by atoms with E-state index in [-0.39, 0.29) is 5.97 Å². The number of hydrogen-bond donors (Lipinski definition) is 1. The number of aryl methyl sites for hydroxylation is 1. The molecular formula is C13H15N3O2. The molecule has 2 rings (SSSR count). The SMILES string of the molecule is CCOC(=O)c1cc(C)nn1-c1ccc(N)cc1. The van der Waals surface area contributed by atoms with Crippen molar-refractivity contribution >= 4 is 11.7 Å². The van der Waals surface area contributed by atoms with Crippen LogP contribution >= 0.6 is 0 Å². The molecule has 94 valence electrons. The van der Waals surface area contributed by atoms with Gasteiger partial charge in [0.15, 0.2) is 5.69 Å². The molecule has 0 spiro atoms. The molecule has 0 amide bonds. The van der Waals surface area contributed by atoms with Crippen LogP contribution in [0.2, 0.25) is 0 Å². The molecule has 0 aliphatic carbocycles. The number of rotatable bonds is 3. The Kier molecular flexibility index (Phi) is 3.32. The molecule has 1 aromatic heterocycles. The Hall–Kier alpha value is -2.30. The smallest absolute Gasteiger partial charge is 0.357 e. The normalized spacial score (nSPS) is 10.3. The minimum Gasteiger partial charge on any atom is -0.461 e. The van der Waals surface area contributed by atoms with Crippen LogP contribution in [-0.4, -0.2) is 22.4 Å². The van der Waals surface area contributed by atoms with E-state index in [4.69, 9.17) is 10.5 Å². The highest BCUT2D eigenvalue weighted by atomic mass is 16.5. The van der Waals surface area contributed by atoms with Crippen LogP contribution in [0.25, 0.3) is 5.69 Å². The van der Waals surface area contributed by atoms with Gasteiger partial charge in [-0.2, -0.15) is 5.10 Å². The Balaban J connectivity index is 2.44. The number of nitrogens with two attached hydrogens (primary N) is 1. The van der Waals surface area contributed by atoms with Crippen molar-refractivity contribution < 1.29 is 9.53 Å². The monoisotopic (exact) mass is 245 g/mol. The molecular weight excluding hydrogens is 230 g/mol. The summed E-state index contributed by atoms with van der Waals surface area (Å²) in [5.41, 5.74) is 8.25. The van der Waals surface area contributed by atoms with Gasteiger partial charge in [-0.05, 0) is 44.2 Å². The maximum Gasteiger partial charge on any atom is 0.357 e. The fourth-order valence-corrected chi connectivity index (χ4v) is 1.66. The Bertz CT molecular complexity index is 558. The van der Waals surface area contributed by atoms with E-state index in [0.717, 1.165) is 11.4 Å². The van der Waals surface area contributed by atoms with Crippen molar-refractivity contribution in [2.45, 2.75) is 13.8 Å². The molecule has 1 aromatic carbocycles. The molecule has 0 aliphatic rings. The summed E-state index contributed by atoms with van der Waals surface area (Å²) in [6.45, 7) is 3.94. The van der Waals surface area contributed by atoms with Crippen LogP contribution in [0.4, 0.5) is 5.69 Å². The van der Waals surface area contributed by atoms with E-state index in [2.05, 4.69) is 5.10 Å². The number of hydrogen-bond acceptors (Lipinski definition) is 4. The lowest BCUT2D eigenvalue weighted by atomic mass is 10.3. The van der Waals surface area contributed by atoms with Crippen LogP contribution in [0.3, 0.4) is 0 Å². The molecule has 2 N–H and O–H groups in total. The molecule has 0 fully saturated rings. The highest BCUT2D eigenvalue weighted by Crippen LogP contribution is 2.15. The van der Waals surface area contributed by atoms with E-state index in [1.54, 1.807) is 29.8 Å². The molecule has 0 saturated heterocycles. The van der Waals surface area contributed by atoms with Crippen molar-refractivity contribution in [2.75, 3.05) is 12.3 Å². The maximum atomic E-state index is 11.8. The van der Waals surface area contributed by atoms with Crippen molar-refractivity contribution in [1.82, 2.24) is 9.78 Å². The van der Waals surface area contributed by atoms with Gasteiger partial charge in [-0.1, -0.05) is 0 Å². The summed E-state index contributed by atoms with van der Waals surface area (Å²) in [6.07, 6.45) is 0. The fraction of sp³-hybridized carbons (Fsp3) is 0.231. The summed E-state index contributed by atoms with van der Waals surface area (Å²) in [4.78, 5) is 11.8. The number of anilines is 1. The van der Waals surface area contributed by atoms with E-state index < -0.39 is 0 Å². The molecule has 5 heteroatoms. The Labute approximate surface area is 105 Å². The first kappa shape index (κ1) is 12.2. The summed E-state index contributed by atoms with van der Waals surface area (Å²) in [6, 6.07) is 8.85. The lowest BCUT2D eigenvalue weighted by molar-refractivity contribution is 0.0516. The first-order valence-corrected chi connectivity index (χ1v) is 5.71. The average Bonchev–Trinajstić information content (AvgIpc) is 2.73. The fourth-order valence-electron chi connectivity index (χ4n) is 1.66. The highest BCUT2D eigenvalue weighted by molar-refractivity contribution is 5.88. The van der Waals surface area contributed by atoms with Gasteiger partial charge in [0, 0.05) is 5.69 Å². The topological polar surface area (TPSA) is 70.1 Å². The Morgan fingerprint density at radius 2 is 2.06 bits per heavy atom. The molecule has 0 aliphatic heterocycles. The van der Waals surface area contributed by atoms with Gasteiger partial charge in [-0.25, -0.2) is 9.48 Å². The minimum absolute atomic E-state index is 0.338. The van der Waals surface area contributed by atoms with E-state index in [1.807, 2.05) is 19.1 Å². The van der Waals surface area contributed by atoms with E-state index in [1.165, 1.54) is 0 Å². The molecule has 18 heavy (non-hydrogen) atoms. The molecule has 2 aromatic rings. The molecule has 5 nitrogen and oxygen atoms in total. The van der Waals surface area contributed by atoms with Crippen LogP contribution in [-0.2, 0) is 4.74 Å². The number of aromatic nitrogens is 2. The number of carbonyl (C=O) groups excluding carboxylic acids is 1. The largest absolute Gasteiger partial charge is 0.461 e. The minimum atomic E-state index is -0.380. The van der Waals surface area contributed by atoms with Crippen LogP contribution in [0.15, 0.2) is 30.3 Å². The number of nitrogen functional groups attached to an aromatic ring is 1. The van der Waals surface area contributed by atoms with E-state index in [0.29, 0.717) is 18.0 Å². The summed E-state index contributed by atoms with van der Waals surface area (Å²) >= 11 is 0. The second-order valence-electron chi connectivity index (χ2n) is 3.89. The zero-order valence-electron chi connectivity index (χ0n) is 10.4. The molecule has 0 radical (unpaired) electrons. The van der Waals surface area contributed by atoms with Gasteiger partial charge in [0.2, 0.25) is 0 Å². The highest BCUT2D eigenvalue weighted by Gasteiger charge is 2.16. The first-order chi connectivity index (χ1) is 8.61. The number of benzene rings is 1. The number of ether oxygens (including phenoxy) is 1. The molecule has 0 atom stereocenters. The van der Waals surface area contributed by atoms with Crippen molar-refractivity contribution in [1.29, 1.82) is 0 Å². The summed E-state index contributed by atoms with van der Waals surface area (Å²) in [7, 11) is 0. The summed E-state index contributed by atoms with van der Waals surface area (Å²) in [5, 5.41) is 4.29. The van der Waals surface area contributed by atoms with Crippen molar-refractivity contribution in [3.05, 3.63) is 41.7 Å². The van der Waals surface area contributed by atoms with Crippen LogP contribution in [0, 0.1) is 6.92 Å². The second kappa shape index (κ2) is 4.91.